The van der Waals surface area contributed by atoms with E-state index in [-0.39, 0.29) is 5.91 Å². The molecule has 174 valence electrons. The van der Waals surface area contributed by atoms with E-state index in [0.717, 1.165) is 55.4 Å². The minimum Gasteiger partial charge on any atom is -0.379 e. The first-order chi connectivity index (χ1) is 16.7. The van der Waals surface area contributed by atoms with Crippen molar-refractivity contribution in [2.75, 3.05) is 44.7 Å². The Kier molecular flexibility index (Phi) is 6.51. The number of anilines is 2. The van der Waals surface area contributed by atoms with E-state index in [2.05, 4.69) is 56.8 Å². The van der Waals surface area contributed by atoms with Crippen LogP contribution in [0.4, 0.5) is 11.6 Å². The van der Waals surface area contributed by atoms with Gasteiger partial charge in [-0.3, -0.25) is 9.69 Å². The summed E-state index contributed by atoms with van der Waals surface area (Å²) in [4.78, 5) is 19.4. The normalized spacial score (nSPS) is 14.3. The Hall–Kier alpha value is -3.75. The smallest absolute Gasteiger partial charge is 0.251 e. The van der Waals surface area contributed by atoms with Crippen LogP contribution in [0, 0.1) is 6.92 Å². The molecule has 3 heterocycles. The summed E-state index contributed by atoms with van der Waals surface area (Å²) in [6.07, 6.45) is 0. The number of aryl methyl sites for hydroxylation is 1. The van der Waals surface area contributed by atoms with Crippen LogP contribution >= 0.6 is 0 Å². The summed E-state index contributed by atoms with van der Waals surface area (Å²) in [5, 5.41) is 10.9. The molecule has 0 bridgehead atoms. The maximum absolute atomic E-state index is 12.5. The number of nitrogens with zero attached hydrogens (tertiary/aromatic N) is 4. The lowest BCUT2D eigenvalue weighted by Gasteiger charge is -2.26. The van der Waals surface area contributed by atoms with Crippen LogP contribution in [0.15, 0.2) is 66.7 Å². The van der Waals surface area contributed by atoms with Gasteiger partial charge in [0.25, 0.3) is 5.91 Å². The highest BCUT2D eigenvalue weighted by Gasteiger charge is 2.12. The van der Waals surface area contributed by atoms with Crippen molar-refractivity contribution < 1.29 is 9.53 Å². The van der Waals surface area contributed by atoms with E-state index < -0.39 is 0 Å². The Bertz CT molecular complexity index is 1260. The highest BCUT2D eigenvalue weighted by Crippen LogP contribution is 2.22. The molecule has 0 aliphatic carbocycles. The number of carbonyl (C=O) groups is 1. The average molecular weight is 457 g/mol. The number of amides is 1. The second kappa shape index (κ2) is 10.0. The molecule has 2 N–H and O–H groups in total. The lowest BCUT2D eigenvalue weighted by molar-refractivity contribution is 0.0383. The molecule has 5 rings (SSSR count). The minimum atomic E-state index is -0.0756. The zero-order valence-corrected chi connectivity index (χ0v) is 19.2. The molecule has 1 aliphatic heterocycles. The van der Waals surface area contributed by atoms with Gasteiger partial charge < -0.3 is 15.4 Å². The molecule has 8 nitrogen and oxygen atoms in total. The first-order valence-corrected chi connectivity index (χ1v) is 11.5. The van der Waals surface area contributed by atoms with Crippen LogP contribution < -0.4 is 10.6 Å². The minimum absolute atomic E-state index is 0.0756. The van der Waals surface area contributed by atoms with Crippen molar-refractivity contribution >= 4 is 23.2 Å². The average Bonchev–Trinajstić information content (AvgIpc) is 3.28. The predicted octanol–water partition coefficient (Wildman–Crippen LogP) is 3.51. The predicted molar refractivity (Wildman–Crippen MR) is 132 cm³/mol. The Labute approximate surface area is 198 Å². The van der Waals surface area contributed by atoms with Crippen molar-refractivity contribution in [2.24, 2.45) is 0 Å². The second-order valence-corrected chi connectivity index (χ2v) is 8.39. The zero-order chi connectivity index (χ0) is 23.3. The highest BCUT2D eigenvalue weighted by atomic mass is 16.5. The number of morpholine rings is 1. The van der Waals surface area contributed by atoms with Crippen molar-refractivity contribution in [3.8, 4) is 11.3 Å². The van der Waals surface area contributed by atoms with Gasteiger partial charge in [0, 0.05) is 43.0 Å². The topological polar surface area (TPSA) is 83.8 Å². The molecule has 1 aliphatic rings. The number of aromatic nitrogens is 3. The number of hydrogen-bond donors (Lipinski definition) is 2. The molecule has 2 aromatic carbocycles. The van der Waals surface area contributed by atoms with Crippen molar-refractivity contribution in [3.63, 3.8) is 0 Å². The number of ether oxygens (including phenoxy) is 1. The molecule has 0 radical (unpaired) electrons. The van der Waals surface area contributed by atoms with E-state index in [0.29, 0.717) is 18.1 Å². The first kappa shape index (κ1) is 22.1. The maximum atomic E-state index is 12.5. The van der Waals surface area contributed by atoms with Gasteiger partial charge in [-0.05, 0) is 43.3 Å². The molecule has 1 amide bonds. The monoisotopic (exact) mass is 456 g/mol. The lowest BCUT2D eigenvalue weighted by Crippen LogP contribution is -2.41. The van der Waals surface area contributed by atoms with E-state index in [1.54, 1.807) is 12.1 Å². The van der Waals surface area contributed by atoms with E-state index in [4.69, 9.17) is 4.74 Å². The molecule has 1 saturated heterocycles. The van der Waals surface area contributed by atoms with Crippen LogP contribution in [0.25, 0.3) is 16.9 Å². The van der Waals surface area contributed by atoms with Crippen LogP contribution in [0.2, 0.25) is 0 Å². The van der Waals surface area contributed by atoms with E-state index in [9.17, 15) is 4.79 Å². The van der Waals surface area contributed by atoms with Gasteiger partial charge in [-0.2, -0.15) is 4.98 Å². The Morgan fingerprint density at radius 2 is 1.76 bits per heavy atom. The van der Waals surface area contributed by atoms with Crippen LogP contribution in [0.1, 0.15) is 15.9 Å². The fourth-order valence-corrected chi connectivity index (χ4v) is 3.99. The molecule has 0 atom stereocenters. The van der Waals surface area contributed by atoms with Crippen LogP contribution in [0.3, 0.4) is 0 Å². The standard InChI is InChI=1S/C26H28N6O2/c1-19-5-7-20(8-6-19)23-3-2-4-24-29-26(30-32(23)24)28-22-11-9-21(10-12-22)25(33)27-13-14-31-15-17-34-18-16-31/h2-12H,13-18H2,1H3,(H,27,33)(H,28,30). The van der Waals surface area contributed by atoms with Crippen molar-refractivity contribution in [3.05, 3.63) is 77.9 Å². The molecule has 34 heavy (non-hydrogen) atoms. The van der Waals surface area contributed by atoms with Crippen molar-refractivity contribution in [2.45, 2.75) is 6.92 Å². The number of pyridine rings is 1. The largest absolute Gasteiger partial charge is 0.379 e. The second-order valence-electron chi connectivity index (χ2n) is 8.39. The van der Waals surface area contributed by atoms with Crippen LogP contribution in [0.5, 0.6) is 0 Å². The summed E-state index contributed by atoms with van der Waals surface area (Å²) in [6, 6.07) is 21.6. The summed E-state index contributed by atoms with van der Waals surface area (Å²) in [5.41, 5.74) is 5.47. The summed E-state index contributed by atoms with van der Waals surface area (Å²) < 4.78 is 7.19. The number of hydrogen-bond acceptors (Lipinski definition) is 6. The number of fused-ring (bicyclic) bond motifs is 1. The van der Waals surface area contributed by atoms with Crippen LogP contribution in [-0.2, 0) is 4.74 Å². The molecule has 2 aromatic heterocycles. The SMILES string of the molecule is Cc1ccc(-c2cccc3nc(Nc4ccc(C(=O)NCCN5CCOCC5)cc4)nn23)cc1. The number of carbonyl (C=O) groups excluding carboxylic acids is 1. The highest BCUT2D eigenvalue weighted by molar-refractivity contribution is 5.94. The quantitative estimate of drug-likeness (QED) is 0.443. The van der Waals surface area contributed by atoms with Gasteiger partial charge in [0.1, 0.15) is 0 Å². The molecule has 8 heteroatoms. The molecule has 4 aromatic rings. The summed E-state index contributed by atoms with van der Waals surface area (Å²) >= 11 is 0. The summed E-state index contributed by atoms with van der Waals surface area (Å²) in [7, 11) is 0. The fourth-order valence-electron chi connectivity index (χ4n) is 3.99. The summed E-state index contributed by atoms with van der Waals surface area (Å²) in [5.74, 6) is 0.427. The van der Waals surface area contributed by atoms with Gasteiger partial charge in [0.05, 0.1) is 18.9 Å². The first-order valence-electron chi connectivity index (χ1n) is 11.5. The molecule has 0 unspecified atom stereocenters. The van der Waals surface area contributed by atoms with Gasteiger partial charge in [-0.25, -0.2) is 4.52 Å². The summed E-state index contributed by atoms with van der Waals surface area (Å²) in [6.45, 7) is 6.88. The Morgan fingerprint density at radius 3 is 2.53 bits per heavy atom. The third kappa shape index (κ3) is 5.08. The van der Waals surface area contributed by atoms with Gasteiger partial charge in [-0.1, -0.05) is 35.9 Å². The lowest BCUT2D eigenvalue weighted by atomic mass is 10.1. The van der Waals surface area contributed by atoms with Gasteiger partial charge >= 0.3 is 0 Å². The molecule has 1 fully saturated rings. The van der Waals surface area contributed by atoms with E-state index in [1.807, 2.05) is 34.8 Å². The maximum Gasteiger partial charge on any atom is 0.251 e. The van der Waals surface area contributed by atoms with E-state index >= 15 is 0 Å². The number of nitrogens with one attached hydrogen (secondary N) is 2. The zero-order valence-electron chi connectivity index (χ0n) is 19.2. The molecule has 0 spiro atoms. The third-order valence-electron chi connectivity index (χ3n) is 5.93. The van der Waals surface area contributed by atoms with Crippen molar-refractivity contribution in [1.82, 2.24) is 24.8 Å². The molecular formula is C26H28N6O2. The Morgan fingerprint density at radius 1 is 1.00 bits per heavy atom. The van der Waals surface area contributed by atoms with Gasteiger partial charge in [-0.15, -0.1) is 5.10 Å². The fraction of sp³-hybridized carbons (Fsp3) is 0.269. The number of rotatable bonds is 7. The molecular weight excluding hydrogens is 428 g/mol. The third-order valence-corrected chi connectivity index (χ3v) is 5.93. The van der Waals surface area contributed by atoms with Crippen molar-refractivity contribution in [1.29, 1.82) is 0 Å². The van der Waals surface area contributed by atoms with Gasteiger partial charge in [0.2, 0.25) is 5.95 Å². The van der Waals surface area contributed by atoms with Gasteiger partial charge in [0.15, 0.2) is 5.65 Å². The van der Waals surface area contributed by atoms with Crippen LogP contribution in [-0.4, -0.2) is 64.8 Å². The molecule has 0 saturated carbocycles. The Balaban J connectivity index is 1.23. The van der Waals surface area contributed by atoms with E-state index in [1.165, 1.54) is 5.56 Å². The number of benzene rings is 2.